The molecule has 0 heterocycles. The highest BCUT2D eigenvalue weighted by molar-refractivity contribution is 9.10. The third-order valence-electron chi connectivity index (χ3n) is 5.14. The Kier molecular flexibility index (Phi) is 10.4. The summed E-state index contributed by atoms with van der Waals surface area (Å²) < 4.78 is 26.9. The van der Waals surface area contributed by atoms with Gasteiger partial charge < -0.3 is 10.2 Å². The summed E-state index contributed by atoms with van der Waals surface area (Å²) in [4.78, 5) is 28.0. The van der Waals surface area contributed by atoms with Crippen molar-refractivity contribution in [2.75, 3.05) is 23.7 Å². The van der Waals surface area contributed by atoms with Crippen LogP contribution in [0, 0.1) is 5.92 Å². The molecule has 0 aliphatic heterocycles. The van der Waals surface area contributed by atoms with Gasteiger partial charge in [0.2, 0.25) is 21.8 Å². The summed E-state index contributed by atoms with van der Waals surface area (Å²) in [6, 6.07) is 13.0. The minimum atomic E-state index is -3.78. The van der Waals surface area contributed by atoms with Crippen molar-refractivity contribution in [2.24, 2.45) is 5.92 Å². The van der Waals surface area contributed by atoms with Gasteiger partial charge in [0.1, 0.15) is 12.6 Å². The Labute approximate surface area is 215 Å². The van der Waals surface area contributed by atoms with Crippen LogP contribution in [0.5, 0.6) is 0 Å². The Hall–Kier alpha value is -2.10. The number of carbonyl (C=O) groups excluding carboxylic acids is 2. The van der Waals surface area contributed by atoms with Gasteiger partial charge in [-0.25, -0.2) is 8.42 Å². The number of rotatable bonds is 11. The van der Waals surface area contributed by atoms with Gasteiger partial charge in [-0.15, -0.1) is 0 Å². The topological polar surface area (TPSA) is 86.8 Å². The minimum absolute atomic E-state index is 0.0716. The Bertz CT molecular complexity index is 1110. The monoisotopic (exact) mass is 571 g/mol. The van der Waals surface area contributed by atoms with Crippen molar-refractivity contribution in [2.45, 2.75) is 39.8 Å². The van der Waals surface area contributed by atoms with Gasteiger partial charge in [-0.3, -0.25) is 13.9 Å². The highest BCUT2D eigenvalue weighted by atomic mass is 79.9. The summed E-state index contributed by atoms with van der Waals surface area (Å²) in [5.74, 6) is -0.548. The third-order valence-corrected chi connectivity index (χ3v) is 7.15. The van der Waals surface area contributed by atoms with E-state index in [9.17, 15) is 18.0 Å². The number of nitrogens with zero attached hydrogens (tertiary/aromatic N) is 2. The molecular weight excluding hydrogens is 542 g/mol. The second kappa shape index (κ2) is 12.6. The largest absolute Gasteiger partial charge is 0.354 e. The van der Waals surface area contributed by atoms with E-state index >= 15 is 0 Å². The lowest BCUT2D eigenvalue weighted by Crippen LogP contribution is -2.52. The van der Waals surface area contributed by atoms with Crippen LogP contribution >= 0.6 is 27.5 Å². The lowest BCUT2D eigenvalue weighted by Gasteiger charge is -2.33. The van der Waals surface area contributed by atoms with Crippen molar-refractivity contribution in [1.29, 1.82) is 0 Å². The summed E-state index contributed by atoms with van der Waals surface area (Å²) in [6.07, 6.45) is 1.40. The second-order valence-corrected chi connectivity index (χ2v) is 11.7. The standard InChI is InChI=1S/C24H31BrClN3O4S/c1-5-22(24(31)27-14-17(2)3)28(15-18-9-6-7-12-21(18)26)23(30)16-29(34(4,32)33)20-11-8-10-19(25)13-20/h6-13,17,22H,5,14-16H2,1-4H3,(H,27,31)/t22-/m0/s1. The van der Waals surface area contributed by atoms with Crippen LogP contribution in [0.15, 0.2) is 53.0 Å². The number of anilines is 1. The summed E-state index contributed by atoms with van der Waals surface area (Å²) in [6.45, 7) is 5.87. The van der Waals surface area contributed by atoms with Crippen LogP contribution in [0.1, 0.15) is 32.8 Å². The molecule has 0 saturated carbocycles. The maximum absolute atomic E-state index is 13.6. The zero-order chi connectivity index (χ0) is 25.5. The van der Waals surface area contributed by atoms with E-state index in [0.717, 1.165) is 10.6 Å². The Balaban J connectivity index is 2.43. The fourth-order valence-corrected chi connectivity index (χ4v) is 4.82. The van der Waals surface area contributed by atoms with Crippen molar-refractivity contribution in [3.8, 4) is 0 Å². The lowest BCUT2D eigenvalue weighted by atomic mass is 10.1. The fourth-order valence-electron chi connectivity index (χ4n) is 3.40. The minimum Gasteiger partial charge on any atom is -0.354 e. The SMILES string of the molecule is CC[C@@H](C(=O)NCC(C)C)N(Cc1ccccc1Cl)C(=O)CN(c1cccc(Br)c1)S(C)(=O)=O. The molecule has 1 N–H and O–H groups in total. The van der Waals surface area contributed by atoms with Crippen LogP contribution in [-0.2, 0) is 26.2 Å². The molecule has 0 bridgehead atoms. The van der Waals surface area contributed by atoms with Gasteiger partial charge in [0.15, 0.2) is 0 Å². The van der Waals surface area contributed by atoms with Crippen LogP contribution in [0.25, 0.3) is 0 Å². The molecule has 0 aliphatic rings. The molecule has 7 nitrogen and oxygen atoms in total. The maximum atomic E-state index is 13.6. The van der Waals surface area contributed by atoms with Crippen LogP contribution < -0.4 is 9.62 Å². The maximum Gasteiger partial charge on any atom is 0.244 e. The zero-order valence-electron chi connectivity index (χ0n) is 19.8. The number of hydrogen-bond donors (Lipinski definition) is 1. The predicted octanol–water partition coefficient (Wildman–Crippen LogP) is 4.45. The number of hydrogen-bond acceptors (Lipinski definition) is 4. The molecule has 0 aromatic heterocycles. The van der Waals surface area contributed by atoms with Crippen molar-refractivity contribution in [1.82, 2.24) is 10.2 Å². The first-order valence-corrected chi connectivity index (χ1v) is 14.0. The van der Waals surface area contributed by atoms with Gasteiger partial charge in [0, 0.05) is 22.6 Å². The van der Waals surface area contributed by atoms with Crippen molar-refractivity contribution < 1.29 is 18.0 Å². The van der Waals surface area contributed by atoms with Crippen LogP contribution in [0.3, 0.4) is 0 Å². The van der Waals surface area contributed by atoms with Gasteiger partial charge in [-0.2, -0.15) is 0 Å². The normalized spacial score (nSPS) is 12.3. The van der Waals surface area contributed by atoms with Gasteiger partial charge in [0.25, 0.3) is 0 Å². The average molecular weight is 573 g/mol. The van der Waals surface area contributed by atoms with Gasteiger partial charge in [0.05, 0.1) is 11.9 Å². The van der Waals surface area contributed by atoms with E-state index in [4.69, 9.17) is 11.6 Å². The zero-order valence-corrected chi connectivity index (χ0v) is 23.0. The molecule has 2 aromatic rings. The molecule has 34 heavy (non-hydrogen) atoms. The molecule has 10 heteroatoms. The van der Waals surface area contributed by atoms with Gasteiger partial charge in [-0.1, -0.05) is 72.6 Å². The molecule has 0 radical (unpaired) electrons. The van der Waals surface area contributed by atoms with E-state index in [2.05, 4.69) is 21.2 Å². The molecule has 1 atom stereocenters. The summed E-state index contributed by atoms with van der Waals surface area (Å²) in [7, 11) is -3.78. The molecule has 0 unspecified atom stereocenters. The molecule has 2 rings (SSSR count). The van der Waals surface area contributed by atoms with E-state index in [1.165, 1.54) is 4.90 Å². The number of halogens is 2. The van der Waals surface area contributed by atoms with E-state index in [1.54, 1.807) is 48.5 Å². The first-order chi connectivity index (χ1) is 15.9. The highest BCUT2D eigenvalue weighted by Crippen LogP contribution is 2.24. The van der Waals surface area contributed by atoms with E-state index in [1.807, 2.05) is 20.8 Å². The van der Waals surface area contributed by atoms with Crippen LogP contribution in [0.4, 0.5) is 5.69 Å². The smallest absolute Gasteiger partial charge is 0.244 e. The molecule has 0 fully saturated rings. The van der Waals surface area contributed by atoms with E-state index in [0.29, 0.717) is 33.7 Å². The van der Waals surface area contributed by atoms with Gasteiger partial charge >= 0.3 is 0 Å². The first-order valence-electron chi connectivity index (χ1n) is 11.0. The van der Waals surface area contributed by atoms with E-state index < -0.39 is 28.5 Å². The number of carbonyl (C=O) groups is 2. The number of amides is 2. The Morgan fingerprint density at radius 3 is 2.35 bits per heavy atom. The second-order valence-electron chi connectivity index (χ2n) is 8.43. The summed E-state index contributed by atoms with van der Waals surface area (Å²) >= 11 is 9.69. The molecule has 186 valence electrons. The van der Waals surface area contributed by atoms with Crippen molar-refractivity contribution in [3.63, 3.8) is 0 Å². The molecule has 0 aliphatic carbocycles. The first kappa shape index (κ1) is 28.1. The van der Waals surface area contributed by atoms with Crippen molar-refractivity contribution >= 4 is 55.1 Å². The van der Waals surface area contributed by atoms with Gasteiger partial charge in [-0.05, 0) is 42.2 Å². The quantitative estimate of drug-likeness (QED) is 0.431. The van der Waals surface area contributed by atoms with Crippen LogP contribution in [-0.4, -0.2) is 50.5 Å². The number of sulfonamides is 1. The number of benzene rings is 2. The summed E-state index contributed by atoms with van der Waals surface area (Å²) in [5, 5.41) is 3.35. The lowest BCUT2D eigenvalue weighted by molar-refractivity contribution is -0.140. The fraction of sp³-hybridized carbons (Fsp3) is 0.417. The molecule has 2 aromatic carbocycles. The third kappa shape index (κ3) is 7.99. The molecular formula is C24H31BrClN3O4S. The van der Waals surface area contributed by atoms with Crippen LogP contribution in [0.2, 0.25) is 5.02 Å². The molecule has 0 saturated heterocycles. The average Bonchev–Trinajstić information content (AvgIpc) is 2.76. The Morgan fingerprint density at radius 2 is 1.79 bits per heavy atom. The summed E-state index contributed by atoms with van der Waals surface area (Å²) in [5.41, 5.74) is 1.02. The molecule has 0 spiro atoms. The number of nitrogens with one attached hydrogen (secondary N) is 1. The van der Waals surface area contributed by atoms with E-state index in [-0.39, 0.29) is 18.4 Å². The predicted molar refractivity (Wildman–Crippen MR) is 140 cm³/mol. The molecule has 2 amide bonds. The Morgan fingerprint density at radius 1 is 1.12 bits per heavy atom. The highest BCUT2D eigenvalue weighted by Gasteiger charge is 2.32. The van der Waals surface area contributed by atoms with Crippen molar-refractivity contribution in [3.05, 3.63) is 63.6 Å².